The lowest BCUT2D eigenvalue weighted by Gasteiger charge is -2.19. The van der Waals surface area contributed by atoms with Gasteiger partial charge in [-0.1, -0.05) is 31.2 Å². The van der Waals surface area contributed by atoms with Crippen molar-refractivity contribution in [1.82, 2.24) is 4.57 Å². The molecule has 0 fully saturated rings. The summed E-state index contributed by atoms with van der Waals surface area (Å²) in [7, 11) is 0. The summed E-state index contributed by atoms with van der Waals surface area (Å²) < 4.78 is 2.32. The van der Waals surface area contributed by atoms with Crippen LogP contribution < -0.4 is 10.7 Å². The van der Waals surface area contributed by atoms with E-state index in [1.807, 2.05) is 43.5 Å². The number of benzene rings is 1. The van der Waals surface area contributed by atoms with Crippen molar-refractivity contribution in [3.8, 4) is 0 Å². The van der Waals surface area contributed by atoms with Crippen LogP contribution in [-0.2, 0) is 13.0 Å². The van der Waals surface area contributed by atoms with E-state index < -0.39 is 0 Å². The van der Waals surface area contributed by atoms with Crippen molar-refractivity contribution in [2.75, 3.05) is 5.32 Å². The van der Waals surface area contributed by atoms with Gasteiger partial charge in [0.2, 0.25) is 5.43 Å². The Morgan fingerprint density at radius 2 is 1.96 bits per heavy atom. The van der Waals surface area contributed by atoms with Crippen LogP contribution in [0.15, 0.2) is 40.1 Å². The molecule has 1 N–H and O–H groups in total. The SMILES string of the molecule is C=CCn1c(C)c(Br)c(=O)c(C(=O)Nc2c(C)cccc2CC)c1C. The number of halogens is 1. The molecule has 0 saturated heterocycles. The minimum absolute atomic E-state index is 0.157. The van der Waals surface area contributed by atoms with Crippen LogP contribution in [0.1, 0.15) is 39.8 Å². The molecule has 0 aliphatic carbocycles. The number of pyridine rings is 1. The number of allylic oxidation sites excluding steroid dienone is 1. The summed E-state index contributed by atoms with van der Waals surface area (Å²) in [6.45, 7) is 11.9. The molecule has 0 spiro atoms. The van der Waals surface area contributed by atoms with Gasteiger partial charge in [-0.2, -0.15) is 0 Å². The number of nitrogens with one attached hydrogen (secondary N) is 1. The van der Waals surface area contributed by atoms with Gasteiger partial charge in [-0.05, 0) is 54.2 Å². The Bertz CT molecular complexity index is 898. The molecular formula is C20H23BrN2O2. The Morgan fingerprint density at radius 3 is 2.56 bits per heavy atom. The molecule has 0 bridgehead atoms. The van der Waals surface area contributed by atoms with Crippen LogP contribution in [0.4, 0.5) is 5.69 Å². The van der Waals surface area contributed by atoms with Gasteiger partial charge in [0.05, 0.1) is 4.47 Å². The molecule has 1 amide bonds. The molecule has 25 heavy (non-hydrogen) atoms. The minimum atomic E-state index is -0.384. The van der Waals surface area contributed by atoms with Gasteiger partial charge in [0.25, 0.3) is 5.91 Å². The molecule has 0 radical (unpaired) electrons. The zero-order valence-electron chi connectivity index (χ0n) is 15.1. The standard InChI is InChI=1S/C20H23BrN2O2/c1-6-11-23-13(4)16(19(24)17(21)14(23)5)20(25)22-18-12(3)9-8-10-15(18)7-2/h6,8-10H,1,7,11H2,2-5H3,(H,22,25). The molecule has 132 valence electrons. The zero-order valence-corrected chi connectivity index (χ0v) is 16.7. The molecule has 0 atom stereocenters. The molecule has 0 aliphatic rings. The van der Waals surface area contributed by atoms with E-state index in [0.29, 0.717) is 16.7 Å². The number of nitrogens with zero attached hydrogens (tertiary/aromatic N) is 1. The van der Waals surface area contributed by atoms with Crippen molar-refractivity contribution in [3.63, 3.8) is 0 Å². The lowest BCUT2D eigenvalue weighted by atomic mass is 10.0. The van der Waals surface area contributed by atoms with Crippen molar-refractivity contribution >= 4 is 27.5 Å². The van der Waals surface area contributed by atoms with Crippen molar-refractivity contribution < 1.29 is 4.79 Å². The number of carbonyl (C=O) groups is 1. The summed E-state index contributed by atoms with van der Waals surface area (Å²) >= 11 is 3.33. The first-order chi connectivity index (χ1) is 11.8. The smallest absolute Gasteiger partial charge is 0.261 e. The number of rotatable bonds is 5. The molecule has 0 saturated carbocycles. The molecule has 2 rings (SSSR count). The van der Waals surface area contributed by atoms with Gasteiger partial charge in [0.1, 0.15) is 5.56 Å². The van der Waals surface area contributed by atoms with Crippen molar-refractivity contribution in [2.24, 2.45) is 0 Å². The summed E-state index contributed by atoms with van der Waals surface area (Å²) in [5.74, 6) is -0.384. The first kappa shape index (κ1) is 19.2. The molecule has 2 aromatic rings. The lowest BCUT2D eigenvalue weighted by Crippen LogP contribution is -2.28. The van der Waals surface area contributed by atoms with E-state index >= 15 is 0 Å². The molecule has 1 aromatic carbocycles. The van der Waals surface area contributed by atoms with E-state index in [4.69, 9.17) is 0 Å². The molecule has 1 heterocycles. The Labute approximate surface area is 156 Å². The van der Waals surface area contributed by atoms with E-state index in [1.54, 1.807) is 13.0 Å². The number of anilines is 1. The second-order valence-electron chi connectivity index (χ2n) is 6.00. The lowest BCUT2D eigenvalue weighted by molar-refractivity contribution is 0.102. The van der Waals surface area contributed by atoms with E-state index in [9.17, 15) is 9.59 Å². The van der Waals surface area contributed by atoms with Gasteiger partial charge in [0.15, 0.2) is 0 Å². The van der Waals surface area contributed by atoms with Gasteiger partial charge >= 0.3 is 0 Å². The number of aromatic nitrogens is 1. The number of carbonyl (C=O) groups excluding carboxylic acids is 1. The van der Waals surface area contributed by atoms with Crippen LogP contribution in [0.3, 0.4) is 0 Å². The first-order valence-corrected chi connectivity index (χ1v) is 9.02. The third kappa shape index (κ3) is 3.61. The number of hydrogen-bond donors (Lipinski definition) is 1. The second kappa shape index (κ2) is 7.83. The summed E-state index contributed by atoms with van der Waals surface area (Å²) in [4.78, 5) is 25.6. The Morgan fingerprint density at radius 1 is 1.28 bits per heavy atom. The largest absolute Gasteiger partial charge is 0.343 e. The van der Waals surface area contributed by atoms with Gasteiger partial charge in [-0.25, -0.2) is 0 Å². The highest BCUT2D eigenvalue weighted by atomic mass is 79.9. The van der Waals surface area contributed by atoms with Gasteiger partial charge < -0.3 is 9.88 Å². The third-order valence-electron chi connectivity index (χ3n) is 4.43. The number of para-hydroxylation sites is 1. The topological polar surface area (TPSA) is 51.1 Å². The zero-order chi connectivity index (χ0) is 18.7. The number of amides is 1. The minimum Gasteiger partial charge on any atom is -0.343 e. The maximum Gasteiger partial charge on any atom is 0.261 e. The fraction of sp³-hybridized carbons (Fsp3) is 0.300. The molecule has 1 aromatic heterocycles. The number of hydrogen-bond acceptors (Lipinski definition) is 2. The maximum atomic E-state index is 12.9. The van der Waals surface area contributed by atoms with E-state index in [0.717, 1.165) is 28.9 Å². The highest BCUT2D eigenvalue weighted by Crippen LogP contribution is 2.23. The Kier molecular flexibility index (Phi) is 6.01. The fourth-order valence-electron chi connectivity index (χ4n) is 2.99. The summed E-state index contributed by atoms with van der Waals surface area (Å²) in [5, 5.41) is 2.94. The van der Waals surface area contributed by atoms with E-state index in [-0.39, 0.29) is 16.9 Å². The predicted molar refractivity (Wildman–Crippen MR) is 107 cm³/mol. The monoisotopic (exact) mass is 402 g/mol. The summed E-state index contributed by atoms with van der Waals surface area (Å²) in [5.41, 5.74) is 4.08. The van der Waals surface area contributed by atoms with Crippen LogP contribution in [0.2, 0.25) is 0 Å². The maximum absolute atomic E-state index is 12.9. The van der Waals surface area contributed by atoms with E-state index in [2.05, 4.69) is 27.8 Å². The Hall–Kier alpha value is -2.14. The average Bonchev–Trinajstić information content (AvgIpc) is 2.58. The first-order valence-electron chi connectivity index (χ1n) is 8.23. The van der Waals surface area contributed by atoms with Gasteiger partial charge in [0, 0.05) is 23.6 Å². The van der Waals surface area contributed by atoms with Crippen LogP contribution in [0.5, 0.6) is 0 Å². The van der Waals surface area contributed by atoms with Gasteiger partial charge in [-0.15, -0.1) is 6.58 Å². The average molecular weight is 403 g/mol. The van der Waals surface area contributed by atoms with E-state index in [1.165, 1.54) is 0 Å². The fourth-order valence-corrected chi connectivity index (χ4v) is 3.40. The molecular weight excluding hydrogens is 380 g/mol. The predicted octanol–water partition coefficient (Wildman–Crippen LogP) is 4.54. The number of aryl methyl sites for hydroxylation is 2. The van der Waals surface area contributed by atoms with Crippen molar-refractivity contribution in [2.45, 2.75) is 40.7 Å². The quantitative estimate of drug-likeness (QED) is 0.746. The normalized spacial score (nSPS) is 10.6. The summed E-state index contributed by atoms with van der Waals surface area (Å²) in [6, 6.07) is 5.90. The summed E-state index contributed by atoms with van der Waals surface area (Å²) in [6.07, 6.45) is 2.55. The van der Waals surface area contributed by atoms with Gasteiger partial charge in [-0.3, -0.25) is 9.59 Å². The van der Waals surface area contributed by atoms with Crippen molar-refractivity contribution in [1.29, 1.82) is 0 Å². The molecule has 0 aliphatic heterocycles. The third-order valence-corrected chi connectivity index (χ3v) is 5.37. The van der Waals surface area contributed by atoms with Crippen LogP contribution in [-0.4, -0.2) is 10.5 Å². The van der Waals surface area contributed by atoms with Crippen LogP contribution in [0, 0.1) is 20.8 Å². The highest BCUT2D eigenvalue weighted by Gasteiger charge is 2.21. The highest BCUT2D eigenvalue weighted by molar-refractivity contribution is 9.10. The van der Waals surface area contributed by atoms with Crippen LogP contribution in [0.25, 0.3) is 0 Å². The second-order valence-corrected chi connectivity index (χ2v) is 6.80. The molecule has 0 unspecified atom stereocenters. The molecule has 4 nitrogen and oxygen atoms in total. The van der Waals surface area contributed by atoms with Crippen molar-refractivity contribution in [3.05, 3.63) is 73.6 Å². The Balaban J connectivity index is 2.58. The van der Waals surface area contributed by atoms with Crippen LogP contribution >= 0.6 is 15.9 Å². The molecule has 5 heteroatoms.